The summed E-state index contributed by atoms with van der Waals surface area (Å²) < 4.78 is 0. The van der Waals surface area contributed by atoms with E-state index in [1.807, 2.05) is 13.3 Å². The molecule has 19 heavy (non-hydrogen) atoms. The van der Waals surface area contributed by atoms with E-state index in [-0.39, 0.29) is 5.91 Å². The topological polar surface area (TPSA) is 62.5 Å². The number of nitrogen functional groups attached to an aromatic ring is 1. The van der Waals surface area contributed by atoms with E-state index in [1.165, 1.54) is 24.2 Å². The van der Waals surface area contributed by atoms with Crippen LogP contribution in [0.2, 0.25) is 0 Å². The van der Waals surface area contributed by atoms with Crippen LogP contribution in [0, 0.1) is 0 Å². The summed E-state index contributed by atoms with van der Waals surface area (Å²) in [4.78, 5) is 21.1. The van der Waals surface area contributed by atoms with Crippen molar-refractivity contribution in [1.82, 2.24) is 9.88 Å². The molecule has 2 N–H and O–H groups in total. The monoisotopic (exact) mass is 300 g/mol. The molecule has 0 radical (unpaired) electrons. The second-order valence-electron chi connectivity index (χ2n) is 4.62. The zero-order valence-electron chi connectivity index (χ0n) is 11.4. The molecule has 1 aliphatic heterocycles. The highest BCUT2D eigenvalue weighted by atomic mass is 32.2. The summed E-state index contributed by atoms with van der Waals surface area (Å²) in [7, 11) is 1.81. The number of aromatic nitrogens is 1. The van der Waals surface area contributed by atoms with Crippen molar-refractivity contribution in [2.45, 2.75) is 12.8 Å². The Morgan fingerprint density at radius 1 is 1.53 bits per heavy atom. The highest BCUT2D eigenvalue weighted by molar-refractivity contribution is 7.98. The van der Waals surface area contributed by atoms with Gasteiger partial charge in [0.15, 0.2) is 5.13 Å². The van der Waals surface area contributed by atoms with Crippen molar-refractivity contribution < 1.29 is 4.79 Å². The maximum Gasteiger partial charge on any atom is 0.267 e. The second kappa shape index (κ2) is 6.47. The first-order valence-electron chi connectivity index (χ1n) is 6.39. The summed E-state index contributed by atoms with van der Waals surface area (Å²) in [6.07, 6.45) is 4.41. The number of anilines is 2. The first kappa shape index (κ1) is 14.5. The third kappa shape index (κ3) is 3.33. The summed E-state index contributed by atoms with van der Waals surface area (Å²) in [5.74, 6) is 1.28. The lowest BCUT2D eigenvalue weighted by molar-refractivity contribution is 0.0809. The third-order valence-electron chi connectivity index (χ3n) is 3.19. The van der Waals surface area contributed by atoms with Gasteiger partial charge in [0.1, 0.15) is 10.7 Å². The Morgan fingerprint density at radius 3 is 2.84 bits per heavy atom. The van der Waals surface area contributed by atoms with E-state index in [0.717, 1.165) is 30.5 Å². The predicted molar refractivity (Wildman–Crippen MR) is 83.3 cm³/mol. The third-order valence-corrected chi connectivity index (χ3v) is 4.90. The first-order chi connectivity index (χ1) is 9.13. The summed E-state index contributed by atoms with van der Waals surface area (Å²) in [6, 6.07) is 0. The fraction of sp³-hybridized carbons (Fsp3) is 0.667. The number of rotatable bonds is 5. The van der Waals surface area contributed by atoms with Gasteiger partial charge in [0, 0.05) is 32.4 Å². The van der Waals surface area contributed by atoms with Crippen molar-refractivity contribution in [2.75, 3.05) is 49.3 Å². The van der Waals surface area contributed by atoms with E-state index in [9.17, 15) is 4.79 Å². The fourth-order valence-corrected chi connectivity index (χ4v) is 3.51. The molecule has 2 heterocycles. The largest absolute Gasteiger partial charge is 0.382 e. The minimum atomic E-state index is -0.0190. The number of nitrogens with two attached hydrogens (primary N) is 1. The number of amides is 1. The van der Waals surface area contributed by atoms with Crippen LogP contribution >= 0.6 is 23.1 Å². The number of nitrogens with zero attached hydrogens (tertiary/aromatic N) is 3. The highest BCUT2D eigenvalue weighted by Gasteiger charge is 2.23. The molecule has 0 aliphatic carbocycles. The van der Waals surface area contributed by atoms with Crippen LogP contribution < -0.4 is 10.6 Å². The number of hydrogen-bond acceptors (Lipinski definition) is 6. The standard InChI is InChI=1S/C12H20N4OS2/c1-15(7-8-18-2)11(17)9-10(13)14-12(19-9)16-5-3-4-6-16/h3-8,13H2,1-2H3. The maximum atomic E-state index is 12.3. The Labute approximate surface area is 122 Å². The van der Waals surface area contributed by atoms with Crippen molar-refractivity contribution in [3.63, 3.8) is 0 Å². The molecule has 0 saturated carbocycles. The maximum absolute atomic E-state index is 12.3. The van der Waals surface area contributed by atoms with E-state index >= 15 is 0 Å². The Kier molecular flexibility index (Phi) is 4.93. The van der Waals surface area contributed by atoms with E-state index in [1.54, 1.807) is 16.7 Å². The fourth-order valence-electron chi connectivity index (χ4n) is 2.02. The van der Waals surface area contributed by atoms with Gasteiger partial charge in [-0.25, -0.2) is 4.98 Å². The number of thiazole rings is 1. The second-order valence-corrected chi connectivity index (χ2v) is 6.59. The van der Waals surface area contributed by atoms with Crippen molar-refractivity contribution in [3.8, 4) is 0 Å². The summed E-state index contributed by atoms with van der Waals surface area (Å²) >= 11 is 3.15. The molecule has 1 fully saturated rings. The van der Waals surface area contributed by atoms with Crippen LogP contribution in [0.5, 0.6) is 0 Å². The summed E-state index contributed by atoms with van der Waals surface area (Å²) in [5.41, 5.74) is 5.90. The Bertz CT molecular complexity index is 443. The molecule has 0 spiro atoms. The van der Waals surface area contributed by atoms with Gasteiger partial charge in [0.05, 0.1) is 0 Å². The van der Waals surface area contributed by atoms with Gasteiger partial charge < -0.3 is 15.5 Å². The van der Waals surface area contributed by atoms with Crippen LogP contribution in [0.3, 0.4) is 0 Å². The van der Waals surface area contributed by atoms with Crippen LogP contribution in [0.25, 0.3) is 0 Å². The molecule has 0 atom stereocenters. The quantitative estimate of drug-likeness (QED) is 0.898. The Hall–Kier alpha value is -0.950. The molecule has 0 unspecified atom stereocenters. The lowest BCUT2D eigenvalue weighted by Gasteiger charge is -2.15. The van der Waals surface area contributed by atoms with Crippen molar-refractivity contribution in [1.29, 1.82) is 0 Å². The van der Waals surface area contributed by atoms with E-state index in [0.29, 0.717) is 10.7 Å². The number of carbonyl (C=O) groups is 1. The minimum absolute atomic E-state index is 0.0190. The molecule has 1 saturated heterocycles. The number of carbonyl (C=O) groups excluding carboxylic acids is 1. The Balaban J connectivity index is 2.09. The minimum Gasteiger partial charge on any atom is -0.382 e. The van der Waals surface area contributed by atoms with Gasteiger partial charge in [-0.2, -0.15) is 11.8 Å². The molecule has 7 heteroatoms. The van der Waals surface area contributed by atoms with Crippen LogP contribution in [-0.4, -0.2) is 54.5 Å². The number of thioether (sulfide) groups is 1. The molecule has 2 rings (SSSR count). The average molecular weight is 300 g/mol. The van der Waals surface area contributed by atoms with Crippen molar-refractivity contribution in [3.05, 3.63) is 4.88 Å². The lowest BCUT2D eigenvalue weighted by Crippen LogP contribution is -2.28. The zero-order chi connectivity index (χ0) is 13.8. The molecule has 1 aromatic rings. The molecule has 5 nitrogen and oxygen atoms in total. The Morgan fingerprint density at radius 2 is 2.21 bits per heavy atom. The molecule has 1 amide bonds. The molecule has 1 aromatic heterocycles. The zero-order valence-corrected chi connectivity index (χ0v) is 13.0. The van der Waals surface area contributed by atoms with Crippen LogP contribution in [-0.2, 0) is 0 Å². The molecule has 0 bridgehead atoms. The molecular formula is C12H20N4OS2. The SMILES string of the molecule is CSCCN(C)C(=O)c1sc(N2CCCC2)nc1N. The van der Waals surface area contributed by atoms with Gasteiger partial charge in [-0.05, 0) is 19.1 Å². The number of hydrogen-bond donors (Lipinski definition) is 1. The van der Waals surface area contributed by atoms with Gasteiger partial charge in [-0.1, -0.05) is 11.3 Å². The summed E-state index contributed by atoms with van der Waals surface area (Å²) in [6.45, 7) is 2.77. The lowest BCUT2D eigenvalue weighted by atomic mass is 10.4. The molecule has 106 valence electrons. The van der Waals surface area contributed by atoms with Crippen LogP contribution in [0.1, 0.15) is 22.5 Å². The highest BCUT2D eigenvalue weighted by Crippen LogP contribution is 2.31. The van der Waals surface area contributed by atoms with Gasteiger partial charge in [-0.15, -0.1) is 0 Å². The van der Waals surface area contributed by atoms with Crippen molar-refractivity contribution >= 4 is 40.0 Å². The molecular weight excluding hydrogens is 280 g/mol. The van der Waals surface area contributed by atoms with Gasteiger partial charge in [-0.3, -0.25) is 4.79 Å². The molecule has 1 aliphatic rings. The van der Waals surface area contributed by atoms with Gasteiger partial charge >= 0.3 is 0 Å². The molecule has 0 aromatic carbocycles. The normalized spacial score (nSPS) is 14.9. The average Bonchev–Trinajstić information content (AvgIpc) is 3.03. The predicted octanol–water partition coefficient (Wildman–Crippen LogP) is 1.76. The van der Waals surface area contributed by atoms with Crippen LogP contribution in [0.15, 0.2) is 0 Å². The summed E-state index contributed by atoms with van der Waals surface area (Å²) in [5, 5.41) is 0.886. The van der Waals surface area contributed by atoms with Gasteiger partial charge in [0.2, 0.25) is 0 Å². The van der Waals surface area contributed by atoms with Crippen molar-refractivity contribution in [2.24, 2.45) is 0 Å². The van der Waals surface area contributed by atoms with E-state index in [2.05, 4.69) is 9.88 Å². The smallest absolute Gasteiger partial charge is 0.267 e. The van der Waals surface area contributed by atoms with Gasteiger partial charge in [0.25, 0.3) is 5.91 Å². The van der Waals surface area contributed by atoms with E-state index < -0.39 is 0 Å². The first-order valence-corrected chi connectivity index (χ1v) is 8.60. The van der Waals surface area contributed by atoms with E-state index in [4.69, 9.17) is 5.73 Å². The van der Waals surface area contributed by atoms with Crippen LogP contribution in [0.4, 0.5) is 10.9 Å².